The molecule has 0 aliphatic rings. The van der Waals surface area contributed by atoms with Gasteiger partial charge in [-0.05, 0) is 24.3 Å². The van der Waals surface area contributed by atoms with Crippen molar-refractivity contribution in [2.75, 3.05) is 19.1 Å². The summed E-state index contributed by atoms with van der Waals surface area (Å²) in [6.07, 6.45) is 0. The number of rotatable bonds is 4. The number of benzene rings is 2. The Balaban J connectivity index is 2.21. The molecule has 2 aromatic rings. The Morgan fingerprint density at radius 3 is 2.68 bits per heavy atom. The van der Waals surface area contributed by atoms with E-state index in [0.29, 0.717) is 5.56 Å². The summed E-state index contributed by atoms with van der Waals surface area (Å²) in [4.78, 5) is 2.10. The lowest BCUT2D eigenvalue weighted by molar-refractivity contribution is 0.409. The van der Waals surface area contributed by atoms with Crippen LogP contribution in [0.1, 0.15) is 11.1 Å². The average molecular weight is 252 g/mol. The Kier molecular flexibility index (Phi) is 4.04. The van der Waals surface area contributed by atoms with Crippen LogP contribution in [-0.4, -0.2) is 14.2 Å². The largest absolute Gasteiger partial charge is 0.496 e. The lowest BCUT2D eigenvalue weighted by atomic mass is 10.1. The van der Waals surface area contributed by atoms with E-state index in [1.807, 2.05) is 49.5 Å². The van der Waals surface area contributed by atoms with E-state index in [4.69, 9.17) is 10.00 Å². The zero-order valence-corrected chi connectivity index (χ0v) is 11.1. The molecule has 2 rings (SSSR count). The SMILES string of the molecule is COc1ccccc1CN(C)c1cccc(C#N)c1. The Labute approximate surface area is 113 Å². The van der Waals surface area contributed by atoms with Crippen LogP contribution in [0.5, 0.6) is 5.75 Å². The van der Waals surface area contributed by atoms with Crippen molar-refractivity contribution in [1.82, 2.24) is 0 Å². The molecule has 3 heteroatoms. The molecule has 0 bridgehead atoms. The van der Waals surface area contributed by atoms with Crippen LogP contribution in [0.15, 0.2) is 48.5 Å². The molecule has 0 aliphatic carbocycles. The highest BCUT2D eigenvalue weighted by atomic mass is 16.5. The molecule has 0 saturated carbocycles. The van der Waals surface area contributed by atoms with Gasteiger partial charge in [0.15, 0.2) is 0 Å². The van der Waals surface area contributed by atoms with Gasteiger partial charge < -0.3 is 9.64 Å². The fraction of sp³-hybridized carbons (Fsp3) is 0.188. The van der Waals surface area contributed by atoms with Gasteiger partial charge in [-0.2, -0.15) is 5.26 Å². The van der Waals surface area contributed by atoms with Gasteiger partial charge >= 0.3 is 0 Å². The van der Waals surface area contributed by atoms with Crippen molar-refractivity contribution in [1.29, 1.82) is 5.26 Å². The Bertz CT molecular complexity index is 602. The van der Waals surface area contributed by atoms with E-state index in [-0.39, 0.29) is 0 Å². The molecule has 0 aliphatic heterocycles. The Hall–Kier alpha value is -2.47. The van der Waals surface area contributed by atoms with Gasteiger partial charge in [0.05, 0.1) is 18.7 Å². The fourth-order valence-corrected chi connectivity index (χ4v) is 1.99. The van der Waals surface area contributed by atoms with Crippen LogP contribution < -0.4 is 9.64 Å². The summed E-state index contributed by atoms with van der Waals surface area (Å²) in [5.41, 5.74) is 2.81. The molecule has 0 N–H and O–H groups in total. The van der Waals surface area contributed by atoms with Crippen LogP contribution in [0, 0.1) is 11.3 Å². The van der Waals surface area contributed by atoms with E-state index in [1.165, 1.54) is 0 Å². The van der Waals surface area contributed by atoms with Gasteiger partial charge in [0, 0.05) is 24.8 Å². The predicted molar refractivity (Wildman–Crippen MR) is 76.3 cm³/mol. The van der Waals surface area contributed by atoms with Crippen molar-refractivity contribution in [2.45, 2.75) is 6.54 Å². The molecule has 0 unspecified atom stereocenters. The molecule has 96 valence electrons. The molecule has 3 nitrogen and oxygen atoms in total. The molecule has 0 radical (unpaired) electrons. The summed E-state index contributed by atoms with van der Waals surface area (Å²) >= 11 is 0. The summed E-state index contributed by atoms with van der Waals surface area (Å²) in [5, 5.41) is 8.93. The van der Waals surface area contributed by atoms with E-state index in [1.54, 1.807) is 13.2 Å². The number of anilines is 1. The molecule has 2 aromatic carbocycles. The molecular formula is C16H16N2O. The molecule has 0 aromatic heterocycles. The number of hydrogen-bond acceptors (Lipinski definition) is 3. The third-order valence-corrected chi connectivity index (χ3v) is 3.02. The maximum Gasteiger partial charge on any atom is 0.123 e. The van der Waals surface area contributed by atoms with E-state index >= 15 is 0 Å². The Morgan fingerprint density at radius 2 is 1.95 bits per heavy atom. The van der Waals surface area contributed by atoms with Crippen molar-refractivity contribution < 1.29 is 4.74 Å². The fourth-order valence-electron chi connectivity index (χ4n) is 1.99. The monoisotopic (exact) mass is 252 g/mol. The number of hydrogen-bond donors (Lipinski definition) is 0. The maximum absolute atomic E-state index is 8.93. The van der Waals surface area contributed by atoms with Crippen molar-refractivity contribution in [3.8, 4) is 11.8 Å². The van der Waals surface area contributed by atoms with Crippen molar-refractivity contribution >= 4 is 5.69 Å². The van der Waals surface area contributed by atoms with Crippen LogP contribution in [0.3, 0.4) is 0 Å². The second-order valence-corrected chi connectivity index (χ2v) is 4.33. The van der Waals surface area contributed by atoms with Crippen molar-refractivity contribution in [3.05, 3.63) is 59.7 Å². The number of ether oxygens (including phenoxy) is 1. The minimum atomic E-state index is 0.671. The van der Waals surface area contributed by atoms with Gasteiger partial charge in [0.1, 0.15) is 5.75 Å². The Morgan fingerprint density at radius 1 is 1.16 bits per heavy atom. The highest BCUT2D eigenvalue weighted by Gasteiger charge is 2.07. The predicted octanol–water partition coefficient (Wildman–Crippen LogP) is 3.20. The minimum Gasteiger partial charge on any atom is -0.496 e. The zero-order valence-electron chi connectivity index (χ0n) is 11.1. The number of methoxy groups -OCH3 is 1. The number of para-hydroxylation sites is 1. The smallest absolute Gasteiger partial charge is 0.123 e. The van der Waals surface area contributed by atoms with E-state index < -0.39 is 0 Å². The summed E-state index contributed by atoms with van der Waals surface area (Å²) in [6.45, 7) is 0.735. The van der Waals surface area contributed by atoms with E-state index in [2.05, 4.69) is 11.0 Å². The molecule has 0 saturated heterocycles. The second kappa shape index (κ2) is 5.92. The first-order valence-corrected chi connectivity index (χ1v) is 6.08. The quantitative estimate of drug-likeness (QED) is 0.838. The van der Waals surface area contributed by atoms with Gasteiger partial charge in [-0.15, -0.1) is 0 Å². The topological polar surface area (TPSA) is 36.3 Å². The van der Waals surface area contributed by atoms with Crippen LogP contribution in [0.25, 0.3) is 0 Å². The summed E-state index contributed by atoms with van der Waals surface area (Å²) in [5.74, 6) is 0.880. The van der Waals surface area contributed by atoms with Gasteiger partial charge in [0.2, 0.25) is 0 Å². The normalized spacial score (nSPS) is 9.74. The number of nitriles is 1. The van der Waals surface area contributed by atoms with Crippen LogP contribution >= 0.6 is 0 Å². The van der Waals surface area contributed by atoms with Gasteiger partial charge in [-0.25, -0.2) is 0 Å². The van der Waals surface area contributed by atoms with Crippen LogP contribution in [-0.2, 0) is 6.54 Å². The first kappa shape index (κ1) is 13.0. The zero-order chi connectivity index (χ0) is 13.7. The van der Waals surface area contributed by atoms with Gasteiger partial charge in [-0.1, -0.05) is 24.3 Å². The summed E-state index contributed by atoms with van der Waals surface area (Å²) in [6, 6.07) is 17.7. The molecule has 0 fully saturated rings. The average Bonchev–Trinajstić information content (AvgIpc) is 2.47. The lowest BCUT2D eigenvalue weighted by Gasteiger charge is -2.20. The van der Waals surface area contributed by atoms with E-state index in [0.717, 1.165) is 23.5 Å². The maximum atomic E-state index is 8.93. The van der Waals surface area contributed by atoms with Crippen molar-refractivity contribution in [3.63, 3.8) is 0 Å². The van der Waals surface area contributed by atoms with Crippen molar-refractivity contribution in [2.24, 2.45) is 0 Å². The molecule has 0 atom stereocenters. The minimum absolute atomic E-state index is 0.671. The van der Waals surface area contributed by atoms with Crippen LogP contribution in [0.4, 0.5) is 5.69 Å². The molecule has 0 amide bonds. The lowest BCUT2D eigenvalue weighted by Crippen LogP contribution is -2.16. The van der Waals surface area contributed by atoms with Gasteiger partial charge in [0.25, 0.3) is 0 Å². The molecular weight excluding hydrogens is 236 g/mol. The first-order chi connectivity index (χ1) is 9.24. The first-order valence-electron chi connectivity index (χ1n) is 6.08. The third-order valence-electron chi connectivity index (χ3n) is 3.02. The summed E-state index contributed by atoms with van der Waals surface area (Å²) < 4.78 is 5.35. The second-order valence-electron chi connectivity index (χ2n) is 4.33. The highest BCUT2D eigenvalue weighted by Crippen LogP contribution is 2.22. The standard InChI is InChI=1S/C16H16N2O/c1-18(15-8-5-6-13(10-15)11-17)12-14-7-3-4-9-16(14)19-2/h3-10H,12H2,1-2H3. The summed E-state index contributed by atoms with van der Waals surface area (Å²) in [7, 11) is 3.68. The third kappa shape index (κ3) is 3.05. The molecule has 0 heterocycles. The van der Waals surface area contributed by atoms with E-state index in [9.17, 15) is 0 Å². The van der Waals surface area contributed by atoms with Crippen LogP contribution in [0.2, 0.25) is 0 Å². The molecule has 19 heavy (non-hydrogen) atoms. The number of nitrogens with zero attached hydrogens (tertiary/aromatic N) is 2. The van der Waals surface area contributed by atoms with Gasteiger partial charge in [-0.3, -0.25) is 0 Å². The highest BCUT2D eigenvalue weighted by molar-refractivity contribution is 5.52. The molecule has 0 spiro atoms.